The first kappa shape index (κ1) is 13.9. The maximum Gasteiger partial charge on any atom is 0.0574 e. The minimum Gasteiger partial charge on any atom is -0.305 e. The van der Waals surface area contributed by atoms with Crippen LogP contribution in [0, 0.1) is 12.3 Å². The van der Waals surface area contributed by atoms with E-state index < -0.39 is 0 Å². The van der Waals surface area contributed by atoms with Crippen LogP contribution in [0.5, 0.6) is 0 Å². The highest BCUT2D eigenvalue weighted by molar-refractivity contribution is 9.10. The second kappa shape index (κ2) is 7.13. The van der Waals surface area contributed by atoms with Crippen LogP contribution in [-0.4, -0.2) is 13.1 Å². The fourth-order valence-corrected chi connectivity index (χ4v) is 2.36. The van der Waals surface area contributed by atoms with E-state index in [1.54, 1.807) is 0 Å². The third-order valence-corrected chi connectivity index (χ3v) is 3.58. The second-order valence-electron chi connectivity index (χ2n) is 4.35. The molecule has 0 bridgehead atoms. The summed E-state index contributed by atoms with van der Waals surface area (Å²) in [6, 6.07) is 19.0. The summed E-state index contributed by atoms with van der Waals surface area (Å²) in [6.45, 7) is 1.44. The highest BCUT2D eigenvalue weighted by atomic mass is 79.9. The number of terminal acetylenes is 1. The van der Waals surface area contributed by atoms with Crippen LogP contribution in [0.4, 0.5) is 0 Å². The molecule has 1 nitrogen and oxygen atoms in total. The van der Waals surface area contributed by atoms with Gasteiger partial charge in [-0.15, -0.1) is 6.42 Å². The Morgan fingerprint density at radius 2 is 1.63 bits per heavy atom. The zero-order valence-electron chi connectivity index (χ0n) is 10.6. The SMILES string of the molecule is C#CCNC[C@H](c1ccccc1)c1ccc(Br)cc1. The van der Waals surface area contributed by atoms with Gasteiger partial charge in [-0.05, 0) is 23.3 Å². The van der Waals surface area contributed by atoms with E-state index in [4.69, 9.17) is 6.42 Å². The van der Waals surface area contributed by atoms with E-state index in [1.165, 1.54) is 11.1 Å². The van der Waals surface area contributed by atoms with Crippen LogP contribution in [0.3, 0.4) is 0 Å². The number of benzene rings is 2. The molecule has 2 heteroatoms. The van der Waals surface area contributed by atoms with Gasteiger partial charge < -0.3 is 5.32 Å². The molecule has 0 spiro atoms. The van der Waals surface area contributed by atoms with Gasteiger partial charge in [0.2, 0.25) is 0 Å². The molecule has 0 saturated carbocycles. The van der Waals surface area contributed by atoms with E-state index in [1.807, 2.05) is 6.07 Å². The predicted molar refractivity (Wildman–Crippen MR) is 84.1 cm³/mol. The van der Waals surface area contributed by atoms with Crippen molar-refractivity contribution in [1.29, 1.82) is 0 Å². The monoisotopic (exact) mass is 313 g/mol. The summed E-state index contributed by atoms with van der Waals surface area (Å²) in [5.41, 5.74) is 2.59. The van der Waals surface area contributed by atoms with E-state index in [2.05, 4.69) is 75.7 Å². The lowest BCUT2D eigenvalue weighted by atomic mass is 9.91. The van der Waals surface area contributed by atoms with Gasteiger partial charge >= 0.3 is 0 Å². The van der Waals surface area contributed by atoms with E-state index in [0.717, 1.165) is 11.0 Å². The third-order valence-electron chi connectivity index (χ3n) is 3.05. The first-order valence-electron chi connectivity index (χ1n) is 6.26. The summed E-state index contributed by atoms with van der Waals surface area (Å²) in [5.74, 6) is 2.94. The number of hydrogen-bond donors (Lipinski definition) is 1. The quantitative estimate of drug-likeness (QED) is 0.654. The Labute approximate surface area is 123 Å². The average molecular weight is 314 g/mol. The summed E-state index contributed by atoms with van der Waals surface area (Å²) in [4.78, 5) is 0. The molecule has 0 aliphatic carbocycles. The summed E-state index contributed by atoms with van der Waals surface area (Å²) in [6.07, 6.45) is 5.29. The largest absolute Gasteiger partial charge is 0.305 e. The Balaban J connectivity index is 2.24. The van der Waals surface area contributed by atoms with Gasteiger partial charge in [0.25, 0.3) is 0 Å². The zero-order valence-corrected chi connectivity index (χ0v) is 12.2. The van der Waals surface area contributed by atoms with Gasteiger partial charge in [0, 0.05) is 16.9 Å². The van der Waals surface area contributed by atoms with E-state index in [-0.39, 0.29) is 0 Å². The third kappa shape index (κ3) is 3.96. The van der Waals surface area contributed by atoms with Crippen LogP contribution in [0.25, 0.3) is 0 Å². The van der Waals surface area contributed by atoms with Crippen molar-refractivity contribution in [2.45, 2.75) is 5.92 Å². The Morgan fingerprint density at radius 3 is 2.26 bits per heavy atom. The smallest absolute Gasteiger partial charge is 0.0574 e. The lowest BCUT2D eigenvalue weighted by Crippen LogP contribution is -2.22. The Bertz CT molecular complexity index is 540. The molecule has 2 aromatic carbocycles. The standard InChI is InChI=1S/C17H16BrN/c1-2-12-19-13-17(14-6-4-3-5-7-14)15-8-10-16(18)11-9-15/h1,3-11,17,19H,12-13H2/t17-/m1/s1. The zero-order chi connectivity index (χ0) is 13.5. The summed E-state index contributed by atoms with van der Waals surface area (Å²) >= 11 is 3.47. The maximum absolute atomic E-state index is 5.29. The summed E-state index contributed by atoms with van der Waals surface area (Å²) < 4.78 is 1.10. The minimum absolute atomic E-state index is 0.322. The Hall–Kier alpha value is -1.56. The molecule has 0 heterocycles. The van der Waals surface area contributed by atoms with Crippen LogP contribution < -0.4 is 5.32 Å². The molecule has 96 valence electrons. The maximum atomic E-state index is 5.29. The highest BCUT2D eigenvalue weighted by Crippen LogP contribution is 2.25. The van der Waals surface area contributed by atoms with Crippen molar-refractivity contribution in [1.82, 2.24) is 5.32 Å². The van der Waals surface area contributed by atoms with Crippen LogP contribution in [-0.2, 0) is 0 Å². The molecule has 2 aromatic rings. The number of nitrogens with one attached hydrogen (secondary N) is 1. The Morgan fingerprint density at radius 1 is 1.00 bits per heavy atom. The second-order valence-corrected chi connectivity index (χ2v) is 5.27. The lowest BCUT2D eigenvalue weighted by molar-refractivity contribution is 0.683. The molecule has 0 unspecified atom stereocenters. The van der Waals surface area contributed by atoms with Gasteiger partial charge in [0.1, 0.15) is 0 Å². The minimum atomic E-state index is 0.322. The van der Waals surface area contributed by atoms with Crippen LogP contribution in [0.15, 0.2) is 59.1 Å². The van der Waals surface area contributed by atoms with Crippen LogP contribution in [0.2, 0.25) is 0 Å². The molecule has 0 aliphatic rings. The van der Waals surface area contributed by atoms with Crippen molar-refractivity contribution in [3.05, 3.63) is 70.2 Å². The molecule has 0 aliphatic heterocycles. The van der Waals surface area contributed by atoms with Crippen molar-refractivity contribution < 1.29 is 0 Å². The first-order valence-corrected chi connectivity index (χ1v) is 7.05. The molecule has 0 amide bonds. The fraction of sp³-hybridized carbons (Fsp3) is 0.176. The number of hydrogen-bond acceptors (Lipinski definition) is 1. The van der Waals surface area contributed by atoms with E-state index in [0.29, 0.717) is 12.5 Å². The topological polar surface area (TPSA) is 12.0 Å². The van der Waals surface area contributed by atoms with Crippen molar-refractivity contribution in [3.63, 3.8) is 0 Å². The summed E-state index contributed by atoms with van der Waals surface area (Å²) in [7, 11) is 0. The van der Waals surface area contributed by atoms with E-state index >= 15 is 0 Å². The van der Waals surface area contributed by atoms with Crippen molar-refractivity contribution in [2.75, 3.05) is 13.1 Å². The molecule has 0 radical (unpaired) electrons. The van der Waals surface area contributed by atoms with Gasteiger partial charge in [-0.1, -0.05) is 64.3 Å². The van der Waals surface area contributed by atoms with Gasteiger partial charge in [-0.2, -0.15) is 0 Å². The Kier molecular flexibility index (Phi) is 5.20. The normalized spacial score (nSPS) is 11.8. The lowest BCUT2D eigenvalue weighted by Gasteiger charge is -2.18. The van der Waals surface area contributed by atoms with Crippen molar-refractivity contribution in [3.8, 4) is 12.3 Å². The van der Waals surface area contributed by atoms with E-state index in [9.17, 15) is 0 Å². The molecule has 0 aromatic heterocycles. The fourth-order valence-electron chi connectivity index (χ4n) is 2.10. The first-order chi connectivity index (χ1) is 9.31. The van der Waals surface area contributed by atoms with Gasteiger partial charge in [-0.3, -0.25) is 0 Å². The van der Waals surface area contributed by atoms with Crippen molar-refractivity contribution in [2.24, 2.45) is 0 Å². The van der Waals surface area contributed by atoms with Crippen molar-refractivity contribution >= 4 is 15.9 Å². The molecule has 0 saturated heterocycles. The highest BCUT2D eigenvalue weighted by Gasteiger charge is 2.13. The molecular formula is C17H16BrN. The number of rotatable bonds is 5. The van der Waals surface area contributed by atoms with Crippen LogP contribution in [0.1, 0.15) is 17.0 Å². The van der Waals surface area contributed by atoms with Gasteiger partial charge in [0.15, 0.2) is 0 Å². The molecule has 19 heavy (non-hydrogen) atoms. The average Bonchev–Trinajstić information content (AvgIpc) is 2.46. The molecular weight excluding hydrogens is 298 g/mol. The molecule has 1 N–H and O–H groups in total. The van der Waals surface area contributed by atoms with Gasteiger partial charge in [0.05, 0.1) is 6.54 Å². The van der Waals surface area contributed by atoms with Crippen LogP contribution >= 0.6 is 15.9 Å². The molecule has 2 rings (SSSR count). The molecule has 1 atom stereocenters. The summed E-state index contributed by atoms with van der Waals surface area (Å²) in [5, 5.41) is 3.30. The number of halogens is 1. The van der Waals surface area contributed by atoms with Gasteiger partial charge in [-0.25, -0.2) is 0 Å². The molecule has 0 fully saturated rings. The predicted octanol–water partition coefficient (Wildman–Crippen LogP) is 3.80.